The molecule has 4 rings (SSSR count). The molecule has 1 fully saturated rings. The number of ether oxygens (including phenoxy) is 1. The van der Waals surface area contributed by atoms with E-state index in [9.17, 15) is 4.79 Å². The van der Waals surface area contributed by atoms with Gasteiger partial charge in [0.1, 0.15) is 17.4 Å². The first-order valence-corrected chi connectivity index (χ1v) is 8.38. The number of aryl methyl sites for hydroxylation is 2. The summed E-state index contributed by atoms with van der Waals surface area (Å²) >= 11 is 0. The van der Waals surface area contributed by atoms with Gasteiger partial charge in [0, 0.05) is 25.3 Å². The first-order chi connectivity index (χ1) is 12.2. The fourth-order valence-electron chi connectivity index (χ4n) is 3.22. The van der Waals surface area contributed by atoms with Crippen molar-refractivity contribution < 1.29 is 18.4 Å². The summed E-state index contributed by atoms with van der Waals surface area (Å²) in [5.74, 6) is 1.47. The molecule has 1 aliphatic heterocycles. The van der Waals surface area contributed by atoms with Crippen LogP contribution in [0, 0.1) is 6.92 Å². The lowest BCUT2D eigenvalue weighted by atomic mass is 10.1. The second-order valence-corrected chi connectivity index (χ2v) is 6.00. The predicted molar refractivity (Wildman–Crippen MR) is 89.2 cm³/mol. The summed E-state index contributed by atoms with van der Waals surface area (Å²) in [6.07, 6.45) is 0.643. The van der Waals surface area contributed by atoms with E-state index in [4.69, 9.17) is 13.6 Å². The number of fused-ring (bicyclic) bond motifs is 1. The van der Waals surface area contributed by atoms with Crippen LogP contribution < -0.4 is 0 Å². The van der Waals surface area contributed by atoms with Crippen molar-refractivity contribution in [2.75, 3.05) is 19.8 Å². The Labute approximate surface area is 144 Å². The molecule has 0 N–H and O–H groups in total. The summed E-state index contributed by atoms with van der Waals surface area (Å²) < 4.78 is 17.0. The molecule has 3 heterocycles. The van der Waals surface area contributed by atoms with Crippen LogP contribution in [0.25, 0.3) is 11.0 Å². The van der Waals surface area contributed by atoms with Crippen molar-refractivity contribution in [3.8, 4) is 0 Å². The van der Waals surface area contributed by atoms with E-state index in [2.05, 4.69) is 10.2 Å². The molecule has 0 spiro atoms. The van der Waals surface area contributed by atoms with Crippen LogP contribution in [0.15, 0.2) is 33.1 Å². The van der Waals surface area contributed by atoms with Gasteiger partial charge in [0.15, 0.2) is 0 Å². The molecule has 3 aromatic rings. The number of aromatic nitrogens is 2. The van der Waals surface area contributed by atoms with E-state index >= 15 is 0 Å². The number of benzene rings is 1. The molecule has 7 nitrogen and oxygen atoms in total. The third kappa shape index (κ3) is 2.70. The van der Waals surface area contributed by atoms with Crippen LogP contribution in [-0.4, -0.2) is 40.8 Å². The van der Waals surface area contributed by atoms with E-state index in [0.29, 0.717) is 49.3 Å². The second-order valence-electron chi connectivity index (χ2n) is 6.00. The monoisotopic (exact) mass is 341 g/mol. The lowest BCUT2D eigenvalue weighted by molar-refractivity contribution is -0.0106. The van der Waals surface area contributed by atoms with Crippen LogP contribution in [0.1, 0.15) is 40.9 Å². The minimum absolute atomic E-state index is 0.0917. The van der Waals surface area contributed by atoms with Gasteiger partial charge < -0.3 is 18.5 Å². The minimum Gasteiger partial charge on any atom is -0.460 e. The van der Waals surface area contributed by atoms with Crippen molar-refractivity contribution in [1.29, 1.82) is 0 Å². The summed E-state index contributed by atoms with van der Waals surface area (Å²) in [7, 11) is 0. The van der Waals surface area contributed by atoms with Gasteiger partial charge in [0.05, 0.1) is 18.8 Å². The van der Waals surface area contributed by atoms with E-state index in [1.165, 1.54) is 0 Å². The number of carbonyl (C=O) groups is 1. The zero-order valence-corrected chi connectivity index (χ0v) is 14.2. The topological polar surface area (TPSA) is 81.6 Å². The van der Waals surface area contributed by atoms with Gasteiger partial charge in [-0.15, -0.1) is 10.2 Å². The molecular formula is C18H19N3O4. The van der Waals surface area contributed by atoms with Crippen LogP contribution in [0.2, 0.25) is 0 Å². The third-order valence-electron chi connectivity index (χ3n) is 4.42. The minimum atomic E-state index is -0.388. The molecule has 1 aromatic carbocycles. The second kappa shape index (κ2) is 6.33. The van der Waals surface area contributed by atoms with Gasteiger partial charge >= 0.3 is 0 Å². The van der Waals surface area contributed by atoms with Crippen molar-refractivity contribution in [3.05, 3.63) is 47.4 Å². The van der Waals surface area contributed by atoms with Crippen LogP contribution in [0.3, 0.4) is 0 Å². The highest BCUT2D eigenvalue weighted by molar-refractivity contribution is 6.07. The molecule has 0 saturated carbocycles. The van der Waals surface area contributed by atoms with E-state index in [1.54, 1.807) is 11.8 Å². The molecule has 2 aromatic heterocycles. The van der Waals surface area contributed by atoms with Gasteiger partial charge in [-0.2, -0.15) is 0 Å². The van der Waals surface area contributed by atoms with Crippen molar-refractivity contribution in [1.82, 2.24) is 15.1 Å². The van der Waals surface area contributed by atoms with Gasteiger partial charge in [-0.3, -0.25) is 4.79 Å². The van der Waals surface area contributed by atoms with Crippen LogP contribution in [-0.2, 0) is 11.2 Å². The summed E-state index contributed by atoms with van der Waals surface area (Å²) in [6, 6.07) is 7.21. The molecule has 0 aliphatic carbocycles. The number of morpholine rings is 1. The van der Waals surface area contributed by atoms with Gasteiger partial charge in [-0.25, -0.2) is 0 Å². The Kier molecular flexibility index (Phi) is 4.01. The largest absolute Gasteiger partial charge is 0.460 e. The molecule has 1 amide bonds. The quantitative estimate of drug-likeness (QED) is 0.728. The average molecular weight is 341 g/mol. The standard InChI is InChI=1S/C18H19N3O4/c1-3-14-16(12-6-4-5-7-15(12)25-14)18(22)21-8-9-23-10-13(21)17-20-19-11(2)24-17/h4-7,13H,3,8-10H2,1-2H3. The third-order valence-corrected chi connectivity index (χ3v) is 4.42. The number of furan rings is 1. The number of para-hydroxylation sites is 1. The zero-order valence-electron chi connectivity index (χ0n) is 14.2. The molecule has 1 saturated heterocycles. The SMILES string of the molecule is CCc1oc2ccccc2c1C(=O)N1CCOCC1c1nnc(C)o1. The maximum Gasteiger partial charge on any atom is 0.258 e. The van der Waals surface area contributed by atoms with Crippen LogP contribution in [0.4, 0.5) is 0 Å². The highest BCUT2D eigenvalue weighted by Crippen LogP contribution is 2.31. The van der Waals surface area contributed by atoms with Gasteiger partial charge in [0.2, 0.25) is 11.8 Å². The van der Waals surface area contributed by atoms with E-state index in [1.807, 2.05) is 31.2 Å². The van der Waals surface area contributed by atoms with E-state index in [-0.39, 0.29) is 11.9 Å². The van der Waals surface area contributed by atoms with E-state index < -0.39 is 0 Å². The molecular weight excluding hydrogens is 322 g/mol. The number of carbonyl (C=O) groups excluding carboxylic acids is 1. The lowest BCUT2D eigenvalue weighted by Crippen LogP contribution is -2.43. The zero-order chi connectivity index (χ0) is 17.4. The van der Waals surface area contributed by atoms with Gasteiger partial charge in [-0.05, 0) is 6.07 Å². The smallest absolute Gasteiger partial charge is 0.258 e. The Morgan fingerprint density at radius 2 is 2.12 bits per heavy atom. The Morgan fingerprint density at radius 1 is 1.28 bits per heavy atom. The average Bonchev–Trinajstić information content (AvgIpc) is 3.24. The number of amides is 1. The lowest BCUT2D eigenvalue weighted by Gasteiger charge is -2.33. The summed E-state index contributed by atoms with van der Waals surface area (Å²) in [4.78, 5) is 15.1. The molecule has 1 atom stereocenters. The molecule has 1 aliphatic rings. The Bertz CT molecular complexity index is 914. The maximum absolute atomic E-state index is 13.4. The number of nitrogens with zero attached hydrogens (tertiary/aromatic N) is 3. The summed E-state index contributed by atoms with van der Waals surface area (Å²) in [5.41, 5.74) is 1.34. The highest BCUT2D eigenvalue weighted by atomic mass is 16.5. The Hall–Kier alpha value is -2.67. The van der Waals surface area contributed by atoms with Gasteiger partial charge in [-0.1, -0.05) is 25.1 Å². The van der Waals surface area contributed by atoms with Crippen LogP contribution in [0.5, 0.6) is 0 Å². The number of rotatable bonds is 3. The Balaban J connectivity index is 1.76. The Morgan fingerprint density at radius 3 is 2.88 bits per heavy atom. The van der Waals surface area contributed by atoms with Crippen LogP contribution >= 0.6 is 0 Å². The molecule has 0 radical (unpaired) electrons. The molecule has 7 heteroatoms. The molecule has 0 bridgehead atoms. The number of hydrogen-bond donors (Lipinski definition) is 0. The summed E-state index contributed by atoms with van der Waals surface area (Å²) in [5, 5.41) is 8.78. The van der Waals surface area contributed by atoms with E-state index in [0.717, 1.165) is 11.0 Å². The van der Waals surface area contributed by atoms with Gasteiger partial charge in [0.25, 0.3) is 5.91 Å². The first-order valence-electron chi connectivity index (χ1n) is 8.38. The fraction of sp³-hybridized carbons (Fsp3) is 0.389. The van der Waals surface area contributed by atoms with Crippen molar-refractivity contribution in [2.24, 2.45) is 0 Å². The maximum atomic E-state index is 13.4. The summed E-state index contributed by atoms with van der Waals surface area (Å²) in [6.45, 7) is 4.99. The number of hydrogen-bond acceptors (Lipinski definition) is 6. The van der Waals surface area contributed by atoms with Crippen molar-refractivity contribution in [2.45, 2.75) is 26.3 Å². The molecule has 25 heavy (non-hydrogen) atoms. The highest BCUT2D eigenvalue weighted by Gasteiger charge is 2.35. The fourth-order valence-corrected chi connectivity index (χ4v) is 3.22. The van der Waals surface area contributed by atoms with Crippen molar-refractivity contribution in [3.63, 3.8) is 0 Å². The van der Waals surface area contributed by atoms with Crippen molar-refractivity contribution >= 4 is 16.9 Å². The molecule has 130 valence electrons. The normalized spacial score (nSPS) is 18.0. The molecule has 1 unspecified atom stereocenters. The first kappa shape index (κ1) is 15.8. The predicted octanol–water partition coefficient (Wildman–Crippen LogP) is 2.90.